The Morgan fingerprint density at radius 2 is 2.30 bits per heavy atom. The fraction of sp³-hybridized carbons (Fsp3) is 0.200. The molecule has 1 amide bonds. The largest absolute Gasteiger partial charge is 0.384 e. The SMILES string of the molecule is Cc1cc(C#CCO)cc(C(=O)NCc2cn[nH]c2)c1. The van der Waals surface area contributed by atoms with Crippen molar-refractivity contribution in [1.29, 1.82) is 0 Å². The van der Waals surface area contributed by atoms with Gasteiger partial charge in [0.25, 0.3) is 5.91 Å². The van der Waals surface area contributed by atoms with Crippen LogP contribution in [0.2, 0.25) is 0 Å². The first-order valence-corrected chi connectivity index (χ1v) is 6.16. The van der Waals surface area contributed by atoms with Gasteiger partial charge in [-0.05, 0) is 30.7 Å². The van der Waals surface area contributed by atoms with Gasteiger partial charge in [-0.15, -0.1) is 0 Å². The molecule has 0 unspecified atom stereocenters. The van der Waals surface area contributed by atoms with Crippen molar-refractivity contribution in [1.82, 2.24) is 15.5 Å². The van der Waals surface area contributed by atoms with Crippen LogP contribution in [0.15, 0.2) is 30.6 Å². The molecule has 2 aromatic rings. The van der Waals surface area contributed by atoms with Gasteiger partial charge in [0, 0.05) is 29.4 Å². The number of rotatable bonds is 3. The molecule has 0 fully saturated rings. The molecule has 1 aromatic carbocycles. The Bertz CT molecular complexity index is 651. The van der Waals surface area contributed by atoms with E-state index in [1.165, 1.54) is 0 Å². The maximum absolute atomic E-state index is 12.1. The lowest BCUT2D eigenvalue weighted by molar-refractivity contribution is 0.0951. The van der Waals surface area contributed by atoms with E-state index in [2.05, 4.69) is 27.4 Å². The highest BCUT2D eigenvalue weighted by atomic mass is 16.2. The summed E-state index contributed by atoms with van der Waals surface area (Å²) in [5.41, 5.74) is 3.12. The van der Waals surface area contributed by atoms with Crippen molar-refractivity contribution < 1.29 is 9.90 Å². The number of nitrogens with one attached hydrogen (secondary N) is 2. The number of benzene rings is 1. The lowest BCUT2D eigenvalue weighted by atomic mass is 10.1. The van der Waals surface area contributed by atoms with Crippen molar-refractivity contribution in [3.63, 3.8) is 0 Å². The zero-order valence-corrected chi connectivity index (χ0v) is 11.1. The molecule has 2 rings (SSSR count). The molecule has 5 nitrogen and oxygen atoms in total. The number of aryl methyl sites for hydroxylation is 1. The van der Waals surface area contributed by atoms with E-state index in [1.807, 2.05) is 13.0 Å². The second-order valence-electron chi connectivity index (χ2n) is 4.34. The maximum atomic E-state index is 12.1. The molecular weight excluding hydrogens is 254 g/mol. The van der Waals surface area contributed by atoms with Crippen molar-refractivity contribution in [2.45, 2.75) is 13.5 Å². The van der Waals surface area contributed by atoms with Gasteiger partial charge in [0.05, 0.1) is 6.20 Å². The zero-order chi connectivity index (χ0) is 14.4. The van der Waals surface area contributed by atoms with Crippen LogP contribution in [-0.2, 0) is 6.54 Å². The molecule has 0 aliphatic rings. The number of aromatic nitrogens is 2. The fourth-order valence-electron chi connectivity index (χ4n) is 1.79. The van der Waals surface area contributed by atoms with Crippen LogP contribution >= 0.6 is 0 Å². The predicted molar refractivity (Wildman–Crippen MR) is 74.9 cm³/mol. The number of carbonyl (C=O) groups is 1. The standard InChI is InChI=1S/C15H15N3O2/c1-11-5-12(3-2-4-19)7-14(6-11)15(20)16-8-13-9-17-18-10-13/h5-7,9-10,19H,4,8H2,1H3,(H,16,20)(H,17,18). The average molecular weight is 269 g/mol. The van der Waals surface area contributed by atoms with Crippen molar-refractivity contribution in [3.8, 4) is 11.8 Å². The van der Waals surface area contributed by atoms with E-state index in [9.17, 15) is 4.79 Å². The van der Waals surface area contributed by atoms with Crippen LogP contribution in [0, 0.1) is 18.8 Å². The van der Waals surface area contributed by atoms with Gasteiger partial charge in [-0.3, -0.25) is 9.89 Å². The summed E-state index contributed by atoms with van der Waals surface area (Å²) in [4.78, 5) is 12.1. The van der Waals surface area contributed by atoms with Crippen LogP contribution < -0.4 is 5.32 Å². The fourth-order valence-corrected chi connectivity index (χ4v) is 1.79. The monoisotopic (exact) mass is 269 g/mol. The van der Waals surface area contributed by atoms with Crippen LogP contribution in [0.25, 0.3) is 0 Å². The number of aliphatic hydroxyl groups excluding tert-OH is 1. The molecule has 0 saturated heterocycles. The second-order valence-corrected chi connectivity index (χ2v) is 4.34. The number of H-pyrrole nitrogens is 1. The molecule has 1 heterocycles. The number of aliphatic hydroxyl groups is 1. The lowest BCUT2D eigenvalue weighted by Crippen LogP contribution is -2.22. The maximum Gasteiger partial charge on any atom is 0.251 e. The Kier molecular flexibility index (Phi) is 4.53. The van der Waals surface area contributed by atoms with Gasteiger partial charge in [0.2, 0.25) is 0 Å². The quantitative estimate of drug-likeness (QED) is 0.727. The number of amides is 1. The summed E-state index contributed by atoms with van der Waals surface area (Å²) in [7, 11) is 0. The van der Waals surface area contributed by atoms with Crippen LogP contribution in [0.5, 0.6) is 0 Å². The molecular formula is C15H15N3O2. The highest BCUT2D eigenvalue weighted by molar-refractivity contribution is 5.94. The molecule has 0 bridgehead atoms. The molecule has 1 aromatic heterocycles. The summed E-state index contributed by atoms with van der Waals surface area (Å²) in [5, 5.41) is 18.0. The third kappa shape index (κ3) is 3.70. The summed E-state index contributed by atoms with van der Waals surface area (Å²) < 4.78 is 0. The third-order valence-corrected chi connectivity index (χ3v) is 2.66. The van der Waals surface area contributed by atoms with Crippen LogP contribution in [0.4, 0.5) is 0 Å². The van der Waals surface area contributed by atoms with Crippen LogP contribution in [0.3, 0.4) is 0 Å². The van der Waals surface area contributed by atoms with Crippen LogP contribution in [0.1, 0.15) is 27.0 Å². The number of hydrogen-bond acceptors (Lipinski definition) is 3. The molecule has 0 aliphatic heterocycles. The number of aromatic amines is 1. The van der Waals surface area contributed by atoms with Crippen molar-refractivity contribution in [2.24, 2.45) is 0 Å². The summed E-state index contributed by atoms with van der Waals surface area (Å²) in [6, 6.07) is 5.38. The van der Waals surface area contributed by atoms with Gasteiger partial charge in [0.15, 0.2) is 0 Å². The minimum Gasteiger partial charge on any atom is -0.384 e. The minimum atomic E-state index is -0.198. The van der Waals surface area contributed by atoms with E-state index in [1.54, 1.807) is 24.5 Å². The normalized spacial score (nSPS) is 9.70. The van der Waals surface area contributed by atoms with E-state index in [4.69, 9.17) is 5.11 Å². The number of carbonyl (C=O) groups excluding carboxylic acids is 1. The average Bonchev–Trinajstić information content (AvgIpc) is 2.95. The summed E-state index contributed by atoms with van der Waals surface area (Å²) in [6.45, 7) is 2.12. The summed E-state index contributed by atoms with van der Waals surface area (Å²) >= 11 is 0. The highest BCUT2D eigenvalue weighted by Gasteiger charge is 2.07. The van der Waals surface area contributed by atoms with Crippen molar-refractivity contribution >= 4 is 5.91 Å². The third-order valence-electron chi connectivity index (χ3n) is 2.66. The molecule has 0 radical (unpaired) electrons. The number of hydrogen-bond donors (Lipinski definition) is 3. The first-order chi connectivity index (χ1) is 9.69. The molecule has 20 heavy (non-hydrogen) atoms. The Labute approximate surface area is 117 Å². The molecule has 0 spiro atoms. The molecule has 5 heteroatoms. The molecule has 102 valence electrons. The van der Waals surface area contributed by atoms with E-state index >= 15 is 0 Å². The van der Waals surface area contributed by atoms with Gasteiger partial charge in [-0.25, -0.2) is 0 Å². The first-order valence-electron chi connectivity index (χ1n) is 6.16. The first kappa shape index (κ1) is 13.8. The zero-order valence-electron chi connectivity index (χ0n) is 11.1. The van der Waals surface area contributed by atoms with Gasteiger partial charge in [-0.1, -0.05) is 11.8 Å². The van der Waals surface area contributed by atoms with E-state index < -0.39 is 0 Å². The van der Waals surface area contributed by atoms with E-state index in [0.29, 0.717) is 17.7 Å². The van der Waals surface area contributed by atoms with Crippen molar-refractivity contribution in [3.05, 3.63) is 52.8 Å². The topological polar surface area (TPSA) is 78.0 Å². The Hall–Kier alpha value is -2.58. The molecule has 3 N–H and O–H groups in total. The molecule has 0 saturated carbocycles. The Morgan fingerprint density at radius 3 is 3.00 bits per heavy atom. The molecule has 0 atom stereocenters. The summed E-state index contributed by atoms with van der Waals surface area (Å²) in [5.74, 6) is 5.21. The van der Waals surface area contributed by atoms with Crippen molar-refractivity contribution in [2.75, 3.05) is 6.61 Å². The highest BCUT2D eigenvalue weighted by Crippen LogP contribution is 2.09. The Balaban J connectivity index is 2.10. The van der Waals surface area contributed by atoms with Crippen LogP contribution in [-0.4, -0.2) is 27.8 Å². The van der Waals surface area contributed by atoms with E-state index in [-0.39, 0.29) is 12.5 Å². The van der Waals surface area contributed by atoms with E-state index in [0.717, 1.165) is 11.1 Å². The number of nitrogens with zero attached hydrogens (tertiary/aromatic N) is 1. The second kappa shape index (κ2) is 6.55. The Morgan fingerprint density at radius 1 is 1.45 bits per heavy atom. The smallest absolute Gasteiger partial charge is 0.251 e. The van der Waals surface area contributed by atoms with Gasteiger partial charge in [0.1, 0.15) is 6.61 Å². The van der Waals surface area contributed by atoms with Gasteiger partial charge >= 0.3 is 0 Å². The minimum absolute atomic E-state index is 0.165. The van der Waals surface area contributed by atoms with Gasteiger partial charge < -0.3 is 10.4 Å². The lowest BCUT2D eigenvalue weighted by Gasteiger charge is -2.05. The van der Waals surface area contributed by atoms with Gasteiger partial charge in [-0.2, -0.15) is 5.10 Å². The molecule has 0 aliphatic carbocycles. The predicted octanol–water partition coefficient (Wildman–Crippen LogP) is 0.992. The summed E-state index contributed by atoms with van der Waals surface area (Å²) in [6.07, 6.45) is 3.39.